The molecular weight excluding hydrogens is 429 g/mol. The second kappa shape index (κ2) is 9.29. The Morgan fingerprint density at radius 2 is 1.65 bits per heavy atom. The van der Waals surface area contributed by atoms with Crippen LogP contribution in [0.5, 0.6) is 0 Å². The number of aliphatic imine (C=N–C) groups is 1. The molecule has 0 radical (unpaired) electrons. The van der Waals surface area contributed by atoms with Crippen molar-refractivity contribution in [3.8, 4) is 0 Å². The number of benzene rings is 3. The molecule has 154 valence electrons. The molecule has 1 aliphatic rings. The first-order valence-electron chi connectivity index (χ1n) is 9.74. The fourth-order valence-corrected chi connectivity index (χ4v) is 3.61. The van der Waals surface area contributed by atoms with Crippen LogP contribution in [0, 0.1) is 0 Å². The molecule has 0 N–H and O–H groups in total. The molecule has 1 aliphatic heterocycles. The van der Waals surface area contributed by atoms with Gasteiger partial charge in [0.1, 0.15) is 5.84 Å². The maximum absolute atomic E-state index is 12.5. The smallest absolute Gasteiger partial charge is 0.185 e. The van der Waals surface area contributed by atoms with Crippen LogP contribution in [0.2, 0.25) is 10.0 Å². The number of carbonyl (C=O) groups excluding carboxylic acids is 1. The van der Waals surface area contributed by atoms with Crippen LogP contribution in [-0.2, 0) is 0 Å². The lowest BCUT2D eigenvalue weighted by Gasteiger charge is -2.16. The van der Waals surface area contributed by atoms with Crippen molar-refractivity contribution in [3.05, 3.63) is 100 Å². The summed E-state index contributed by atoms with van der Waals surface area (Å²) in [6, 6.07) is 22.1. The third kappa shape index (κ3) is 4.93. The van der Waals surface area contributed by atoms with Crippen LogP contribution in [0.25, 0.3) is 6.08 Å². The van der Waals surface area contributed by atoms with E-state index in [2.05, 4.69) is 5.10 Å². The van der Waals surface area contributed by atoms with E-state index in [0.29, 0.717) is 22.0 Å². The lowest BCUT2D eigenvalue weighted by Crippen LogP contribution is -2.20. The van der Waals surface area contributed by atoms with E-state index in [1.54, 1.807) is 29.3 Å². The Hall–Kier alpha value is -3.21. The van der Waals surface area contributed by atoms with E-state index >= 15 is 0 Å². The summed E-state index contributed by atoms with van der Waals surface area (Å²) in [6.07, 6.45) is 3.88. The quantitative estimate of drug-likeness (QED) is 0.306. The minimum absolute atomic E-state index is 0.100. The summed E-state index contributed by atoms with van der Waals surface area (Å²) in [5, 5.41) is 7.55. The van der Waals surface area contributed by atoms with Gasteiger partial charge < -0.3 is 0 Å². The highest BCUT2D eigenvalue weighted by Crippen LogP contribution is 2.30. The molecule has 4 nitrogen and oxygen atoms in total. The lowest BCUT2D eigenvalue weighted by atomic mass is 10.1. The summed E-state index contributed by atoms with van der Waals surface area (Å²) in [4.78, 5) is 17.2. The Kier molecular flexibility index (Phi) is 6.31. The highest BCUT2D eigenvalue weighted by molar-refractivity contribution is 6.34. The molecule has 4 rings (SSSR count). The van der Waals surface area contributed by atoms with Crippen LogP contribution in [0.3, 0.4) is 0 Å². The van der Waals surface area contributed by atoms with Gasteiger partial charge in [0, 0.05) is 22.7 Å². The normalized spacial score (nSPS) is 15.0. The lowest BCUT2D eigenvalue weighted by molar-refractivity contribution is 0.104. The third-order valence-electron chi connectivity index (χ3n) is 4.74. The number of rotatable bonds is 5. The van der Waals surface area contributed by atoms with Gasteiger partial charge in [-0.25, -0.2) is 10.0 Å². The molecule has 0 amide bonds. The monoisotopic (exact) mass is 447 g/mol. The second-order valence-corrected chi connectivity index (χ2v) is 7.88. The van der Waals surface area contributed by atoms with Gasteiger partial charge in [0.2, 0.25) is 0 Å². The molecule has 31 heavy (non-hydrogen) atoms. The third-order valence-corrected chi connectivity index (χ3v) is 5.40. The van der Waals surface area contributed by atoms with Gasteiger partial charge in [-0.15, -0.1) is 0 Å². The number of carbonyl (C=O) groups is 1. The molecule has 0 saturated heterocycles. The summed E-state index contributed by atoms with van der Waals surface area (Å²) in [5.41, 5.74) is 3.86. The first kappa shape index (κ1) is 21.0. The Labute approximate surface area is 191 Å². The predicted molar refractivity (Wildman–Crippen MR) is 130 cm³/mol. The highest BCUT2D eigenvalue weighted by Gasteiger charge is 2.22. The summed E-state index contributed by atoms with van der Waals surface area (Å²) in [6.45, 7) is 1.96. The number of ketones is 1. The van der Waals surface area contributed by atoms with Crippen molar-refractivity contribution in [2.75, 3.05) is 5.01 Å². The molecule has 0 aromatic heterocycles. The first-order chi connectivity index (χ1) is 15.0. The highest BCUT2D eigenvalue weighted by atomic mass is 35.5. The number of hydrogen-bond donors (Lipinski definition) is 0. The minimum Gasteiger partial charge on any atom is -0.289 e. The molecule has 0 aliphatic carbocycles. The Bertz CT molecular complexity index is 1210. The summed E-state index contributed by atoms with van der Waals surface area (Å²) >= 11 is 12.5. The zero-order valence-electron chi connectivity index (χ0n) is 16.8. The van der Waals surface area contributed by atoms with Crippen molar-refractivity contribution >= 4 is 58.0 Å². The molecule has 0 fully saturated rings. The summed E-state index contributed by atoms with van der Waals surface area (Å²) < 4.78 is 0. The van der Waals surface area contributed by atoms with Crippen molar-refractivity contribution in [1.29, 1.82) is 0 Å². The SMILES string of the molecule is CC1=NN(c2ccccc2Cl)C(=Nc2ccc(C(=O)/C=C/c3ccccc3Cl)cc2)C1. The Morgan fingerprint density at radius 3 is 2.35 bits per heavy atom. The van der Waals surface area contributed by atoms with E-state index < -0.39 is 0 Å². The molecule has 0 unspecified atom stereocenters. The zero-order chi connectivity index (χ0) is 21.8. The molecular formula is C25H19Cl2N3O. The number of amidine groups is 1. The van der Waals surface area contributed by atoms with Gasteiger partial charge in [-0.2, -0.15) is 5.10 Å². The molecule has 0 saturated carbocycles. The maximum atomic E-state index is 12.5. The van der Waals surface area contributed by atoms with E-state index in [1.165, 1.54) is 6.08 Å². The van der Waals surface area contributed by atoms with Crippen LogP contribution < -0.4 is 5.01 Å². The number of hydrazone groups is 1. The van der Waals surface area contributed by atoms with Gasteiger partial charge in [0.15, 0.2) is 5.78 Å². The van der Waals surface area contributed by atoms with Crippen LogP contribution in [0.4, 0.5) is 11.4 Å². The van der Waals surface area contributed by atoms with Crippen molar-refractivity contribution in [2.45, 2.75) is 13.3 Å². The predicted octanol–water partition coefficient (Wildman–Crippen LogP) is 7.21. The second-order valence-electron chi connectivity index (χ2n) is 7.07. The Balaban J connectivity index is 1.53. The molecule has 6 heteroatoms. The molecule has 3 aromatic carbocycles. The molecule has 0 spiro atoms. The maximum Gasteiger partial charge on any atom is 0.185 e. The fraction of sp³-hybridized carbons (Fsp3) is 0.0800. The van der Waals surface area contributed by atoms with E-state index in [-0.39, 0.29) is 5.78 Å². The van der Waals surface area contributed by atoms with E-state index in [4.69, 9.17) is 28.2 Å². The summed E-state index contributed by atoms with van der Waals surface area (Å²) in [5.74, 6) is 0.681. The van der Waals surface area contributed by atoms with E-state index in [9.17, 15) is 4.79 Å². The summed E-state index contributed by atoms with van der Waals surface area (Å²) in [7, 11) is 0. The largest absolute Gasteiger partial charge is 0.289 e. The van der Waals surface area contributed by atoms with Crippen molar-refractivity contribution < 1.29 is 4.79 Å². The van der Waals surface area contributed by atoms with E-state index in [0.717, 1.165) is 28.5 Å². The van der Waals surface area contributed by atoms with Crippen molar-refractivity contribution in [1.82, 2.24) is 0 Å². The topological polar surface area (TPSA) is 45.0 Å². The molecule has 3 aromatic rings. The number of hydrogen-bond acceptors (Lipinski definition) is 3. The number of anilines is 1. The molecule has 1 heterocycles. The van der Waals surface area contributed by atoms with Gasteiger partial charge in [0.05, 0.1) is 16.4 Å². The Morgan fingerprint density at radius 1 is 0.968 bits per heavy atom. The van der Waals surface area contributed by atoms with Gasteiger partial charge in [-0.1, -0.05) is 53.5 Å². The average Bonchev–Trinajstić information content (AvgIpc) is 3.13. The van der Waals surface area contributed by atoms with Gasteiger partial charge in [-0.05, 0) is 67.1 Å². The van der Waals surface area contributed by atoms with Crippen LogP contribution in [-0.4, -0.2) is 17.3 Å². The zero-order valence-corrected chi connectivity index (χ0v) is 18.3. The van der Waals surface area contributed by atoms with Crippen LogP contribution >= 0.6 is 23.2 Å². The van der Waals surface area contributed by atoms with Gasteiger partial charge >= 0.3 is 0 Å². The fourth-order valence-electron chi connectivity index (χ4n) is 3.19. The van der Waals surface area contributed by atoms with Crippen LogP contribution in [0.1, 0.15) is 29.3 Å². The van der Waals surface area contributed by atoms with Crippen molar-refractivity contribution in [3.63, 3.8) is 0 Å². The number of halogens is 2. The number of para-hydroxylation sites is 1. The number of allylic oxidation sites excluding steroid dienone is 1. The standard InChI is InChI=1S/C25H19Cl2N3O/c1-17-16-25(30(29-17)23-9-5-4-8-22(23)27)28-20-13-10-19(11-14-20)24(31)15-12-18-6-2-3-7-21(18)26/h2-15H,16H2,1H3/b15-12+,28-25?. The molecule has 0 atom stereocenters. The average molecular weight is 448 g/mol. The van der Waals surface area contributed by atoms with Crippen LogP contribution in [0.15, 0.2) is 89.0 Å². The minimum atomic E-state index is -0.100. The van der Waals surface area contributed by atoms with E-state index in [1.807, 2.05) is 61.5 Å². The van der Waals surface area contributed by atoms with Gasteiger partial charge in [-0.3, -0.25) is 4.79 Å². The number of nitrogens with zero attached hydrogens (tertiary/aromatic N) is 3. The van der Waals surface area contributed by atoms with Gasteiger partial charge in [0.25, 0.3) is 0 Å². The molecule has 0 bridgehead atoms. The first-order valence-corrected chi connectivity index (χ1v) is 10.5. The van der Waals surface area contributed by atoms with Crippen molar-refractivity contribution in [2.24, 2.45) is 10.1 Å².